The normalized spacial score (nSPS) is 14.4. The standard InChI is InChI=1S/C11H13F2NO3/c1-11(14-2,9(15)16)7-5-3-4-6-8(7)17-10(12)13/h3-6,10,14H,1-2H3,(H,15,16). The predicted octanol–water partition coefficient (Wildman–Crippen LogP) is 1.81. The van der Waals surface area contributed by atoms with E-state index >= 15 is 0 Å². The minimum Gasteiger partial charge on any atom is -0.480 e. The summed E-state index contributed by atoms with van der Waals surface area (Å²) >= 11 is 0. The maximum absolute atomic E-state index is 12.2. The van der Waals surface area contributed by atoms with E-state index in [1.165, 1.54) is 32.2 Å². The molecule has 2 N–H and O–H groups in total. The number of para-hydroxylation sites is 1. The largest absolute Gasteiger partial charge is 0.480 e. The summed E-state index contributed by atoms with van der Waals surface area (Å²) in [5, 5.41) is 11.7. The number of ether oxygens (including phenoxy) is 1. The Morgan fingerprint density at radius 2 is 2.06 bits per heavy atom. The molecule has 1 unspecified atom stereocenters. The van der Waals surface area contributed by atoms with Crippen molar-refractivity contribution in [3.63, 3.8) is 0 Å². The number of halogens is 2. The van der Waals surface area contributed by atoms with Gasteiger partial charge in [-0.3, -0.25) is 0 Å². The van der Waals surface area contributed by atoms with Crippen LogP contribution in [-0.4, -0.2) is 24.7 Å². The molecule has 0 fully saturated rings. The highest BCUT2D eigenvalue weighted by Crippen LogP contribution is 2.30. The number of alkyl halides is 2. The zero-order valence-corrected chi connectivity index (χ0v) is 9.41. The van der Waals surface area contributed by atoms with Crippen LogP contribution in [0.1, 0.15) is 12.5 Å². The van der Waals surface area contributed by atoms with E-state index in [2.05, 4.69) is 10.1 Å². The first-order valence-corrected chi connectivity index (χ1v) is 4.88. The SMILES string of the molecule is CNC(C)(C(=O)O)c1ccccc1OC(F)F. The van der Waals surface area contributed by atoms with Gasteiger partial charge in [0.05, 0.1) is 0 Å². The Labute approximate surface area is 97.2 Å². The fourth-order valence-electron chi connectivity index (χ4n) is 1.44. The fourth-order valence-corrected chi connectivity index (χ4v) is 1.44. The van der Waals surface area contributed by atoms with Crippen LogP contribution < -0.4 is 10.1 Å². The lowest BCUT2D eigenvalue weighted by atomic mass is 9.91. The van der Waals surface area contributed by atoms with E-state index in [0.29, 0.717) is 0 Å². The number of rotatable bonds is 5. The number of nitrogens with one attached hydrogen (secondary N) is 1. The predicted molar refractivity (Wildman–Crippen MR) is 57.1 cm³/mol. The van der Waals surface area contributed by atoms with Gasteiger partial charge in [0.15, 0.2) is 0 Å². The van der Waals surface area contributed by atoms with Gasteiger partial charge < -0.3 is 15.2 Å². The second kappa shape index (κ2) is 5.09. The van der Waals surface area contributed by atoms with Crippen LogP contribution in [0.5, 0.6) is 5.75 Å². The van der Waals surface area contributed by atoms with Gasteiger partial charge in [-0.2, -0.15) is 8.78 Å². The van der Waals surface area contributed by atoms with E-state index in [1.54, 1.807) is 6.07 Å². The Hall–Kier alpha value is -1.69. The molecule has 1 atom stereocenters. The molecule has 17 heavy (non-hydrogen) atoms. The third kappa shape index (κ3) is 2.71. The maximum Gasteiger partial charge on any atom is 0.387 e. The van der Waals surface area contributed by atoms with Gasteiger partial charge in [-0.15, -0.1) is 0 Å². The summed E-state index contributed by atoms with van der Waals surface area (Å²) in [4.78, 5) is 11.2. The molecule has 0 saturated heterocycles. The van der Waals surface area contributed by atoms with E-state index in [0.717, 1.165) is 0 Å². The monoisotopic (exact) mass is 245 g/mol. The third-order valence-corrected chi connectivity index (χ3v) is 2.57. The molecule has 0 saturated carbocycles. The summed E-state index contributed by atoms with van der Waals surface area (Å²) < 4.78 is 28.7. The summed E-state index contributed by atoms with van der Waals surface area (Å²) in [6.45, 7) is -1.62. The van der Waals surface area contributed by atoms with Crippen molar-refractivity contribution >= 4 is 5.97 Å². The molecule has 0 aromatic heterocycles. The van der Waals surface area contributed by atoms with Gasteiger partial charge >= 0.3 is 12.6 Å². The Balaban J connectivity index is 3.24. The third-order valence-electron chi connectivity index (χ3n) is 2.57. The minimum atomic E-state index is -2.99. The molecule has 0 aliphatic carbocycles. The summed E-state index contributed by atoms with van der Waals surface area (Å²) in [5.74, 6) is -1.33. The second-order valence-electron chi connectivity index (χ2n) is 3.55. The molecule has 0 amide bonds. The van der Waals surface area contributed by atoms with Crippen molar-refractivity contribution in [2.24, 2.45) is 0 Å². The van der Waals surface area contributed by atoms with E-state index < -0.39 is 18.1 Å². The molecule has 1 aromatic rings. The van der Waals surface area contributed by atoms with Crippen molar-refractivity contribution < 1.29 is 23.4 Å². The lowest BCUT2D eigenvalue weighted by molar-refractivity contribution is -0.144. The maximum atomic E-state index is 12.2. The first-order chi connectivity index (χ1) is 7.91. The van der Waals surface area contributed by atoms with Crippen LogP contribution in [0.3, 0.4) is 0 Å². The smallest absolute Gasteiger partial charge is 0.387 e. The van der Waals surface area contributed by atoms with Crippen molar-refractivity contribution in [1.82, 2.24) is 5.32 Å². The molecule has 1 aromatic carbocycles. The van der Waals surface area contributed by atoms with Gasteiger partial charge in [0.1, 0.15) is 11.3 Å². The van der Waals surface area contributed by atoms with Gasteiger partial charge in [-0.1, -0.05) is 18.2 Å². The minimum absolute atomic E-state index is 0.148. The van der Waals surface area contributed by atoms with E-state index in [9.17, 15) is 13.6 Å². The number of aliphatic carboxylic acids is 1. The number of carboxylic acids is 1. The first kappa shape index (κ1) is 13.4. The molecular formula is C11H13F2NO3. The number of hydrogen-bond acceptors (Lipinski definition) is 3. The Morgan fingerprint density at radius 3 is 2.53 bits per heavy atom. The number of benzene rings is 1. The molecule has 1 rings (SSSR count). The van der Waals surface area contributed by atoms with E-state index in [4.69, 9.17) is 5.11 Å². The summed E-state index contributed by atoms with van der Waals surface area (Å²) in [5.41, 5.74) is -1.33. The highest BCUT2D eigenvalue weighted by molar-refractivity contribution is 5.81. The van der Waals surface area contributed by atoms with Gasteiger partial charge in [0.25, 0.3) is 0 Å². The molecule has 0 spiro atoms. The number of likely N-dealkylation sites (N-methyl/N-ethyl adjacent to an activating group) is 1. The zero-order chi connectivity index (χ0) is 13.1. The van der Waals surface area contributed by atoms with Gasteiger partial charge in [0, 0.05) is 5.56 Å². The molecule has 0 radical (unpaired) electrons. The Morgan fingerprint density at radius 1 is 1.47 bits per heavy atom. The summed E-state index contributed by atoms with van der Waals surface area (Å²) in [7, 11) is 1.44. The number of carboxylic acid groups (broad SMARTS) is 1. The summed E-state index contributed by atoms with van der Waals surface area (Å²) in [6.07, 6.45) is 0. The molecule has 0 aliphatic heterocycles. The summed E-state index contributed by atoms with van der Waals surface area (Å²) in [6, 6.07) is 5.80. The van der Waals surface area contributed by atoms with Crippen molar-refractivity contribution in [3.05, 3.63) is 29.8 Å². The van der Waals surface area contributed by atoms with Crippen LogP contribution in [0, 0.1) is 0 Å². The quantitative estimate of drug-likeness (QED) is 0.830. The molecule has 94 valence electrons. The molecule has 0 bridgehead atoms. The fraction of sp³-hybridized carbons (Fsp3) is 0.364. The highest BCUT2D eigenvalue weighted by Gasteiger charge is 2.36. The van der Waals surface area contributed by atoms with Crippen LogP contribution in [0.4, 0.5) is 8.78 Å². The Bertz CT molecular complexity index is 411. The van der Waals surface area contributed by atoms with Gasteiger partial charge in [0.2, 0.25) is 0 Å². The lowest BCUT2D eigenvalue weighted by Crippen LogP contribution is -2.44. The Kier molecular flexibility index (Phi) is 4.01. The van der Waals surface area contributed by atoms with Crippen LogP contribution >= 0.6 is 0 Å². The van der Waals surface area contributed by atoms with Crippen molar-refractivity contribution in [1.29, 1.82) is 0 Å². The average Bonchev–Trinajstić information content (AvgIpc) is 2.27. The van der Waals surface area contributed by atoms with Crippen LogP contribution in [0.25, 0.3) is 0 Å². The number of hydrogen-bond donors (Lipinski definition) is 2. The van der Waals surface area contributed by atoms with Crippen LogP contribution in [0.2, 0.25) is 0 Å². The lowest BCUT2D eigenvalue weighted by Gasteiger charge is -2.26. The van der Waals surface area contributed by atoms with Crippen molar-refractivity contribution in [2.75, 3.05) is 7.05 Å². The van der Waals surface area contributed by atoms with Crippen LogP contribution in [0.15, 0.2) is 24.3 Å². The van der Waals surface area contributed by atoms with Crippen molar-refractivity contribution in [3.8, 4) is 5.75 Å². The van der Waals surface area contributed by atoms with E-state index in [1.807, 2.05) is 0 Å². The van der Waals surface area contributed by atoms with Crippen molar-refractivity contribution in [2.45, 2.75) is 19.1 Å². The molecular weight excluding hydrogens is 232 g/mol. The first-order valence-electron chi connectivity index (χ1n) is 4.88. The second-order valence-corrected chi connectivity index (χ2v) is 3.55. The van der Waals surface area contributed by atoms with Gasteiger partial charge in [-0.25, -0.2) is 4.79 Å². The van der Waals surface area contributed by atoms with Crippen LogP contribution in [-0.2, 0) is 10.3 Å². The zero-order valence-electron chi connectivity index (χ0n) is 9.41. The number of carbonyl (C=O) groups is 1. The molecule has 0 heterocycles. The molecule has 6 heteroatoms. The highest BCUT2D eigenvalue weighted by atomic mass is 19.3. The molecule has 4 nitrogen and oxygen atoms in total. The topological polar surface area (TPSA) is 58.6 Å². The molecule has 0 aliphatic rings. The average molecular weight is 245 g/mol. The van der Waals surface area contributed by atoms with E-state index in [-0.39, 0.29) is 11.3 Å². The van der Waals surface area contributed by atoms with Gasteiger partial charge in [-0.05, 0) is 20.0 Å².